The number of carbonyl (C=O) groups excluding carboxylic acids is 5. The number of amides is 2. The predicted octanol–water partition coefficient (Wildman–Crippen LogP) is 6.74. The molecule has 0 bridgehead atoms. The summed E-state index contributed by atoms with van der Waals surface area (Å²) in [6, 6.07) is 26.2. The van der Waals surface area contributed by atoms with E-state index in [0.717, 1.165) is 16.3 Å². The van der Waals surface area contributed by atoms with Crippen LogP contribution in [0.4, 0.5) is 5.69 Å². The van der Waals surface area contributed by atoms with Crippen molar-refractivity contribution in [2.75, 3.05) is 4.90 Å². The van der Waals surface area contributed by atoms with Gasteiger partial charge in [0, 0.05) is 39.8 Å². The van der Waals surface area contributed by atoms with Gasteiger partial charge in [-0.2, -0.15) is 0 Å². The minimum Gasteiger partial charge on any atom is -0.508 e. The van der Waals surface area contributed by atoms with Crippen molar-refractivity contribution in [3.8, 4) is 5.75 Å². The highest BCUT2D eigenvalue weighted by atomic mass is 79.9. The number of phenolic OH excluding ortho intramolecular Hbond substituents is 1. The molecule has 1 heterocycles. The second-order valence-corrected chi connectivity index (χ2v) is 13.2. The first-order valence-corrected chi connectivity index (χ1v) is 16.2. The van der Waals surface area contributed by atoms with Crippen molar-refractivity contribution in [3.63, 3.8) is 0 Å². The van der Waals surface area contributed by atoms with Gasteiger partial charge >= 0.3 is 0 Å². The van der Waals surface area contributed by atoms with Crippen LogP contribution in [0.1, 0.15) is 40.2 Å². The first kappa shape index (κ1) is 29.2. The molecular formula is C39H26BrNO6. The molecular weight excluding hydrogens is 658 g/mol. The van der Waals surface area contributed by atoms with Crippen LogP contribution in [0.3, 0.4) is 0 Å². The molecule has 1 fully saturated rings. The lowest BCUT2D eigenvalue weighted by molar-refractivity contribution is -0.123. The molecule has 4 aromatic carbocycles. The molecule has 8 heteroatoms. The zero-order chi connectivity index (χ0) is 32.6. The van der Waals surface area contributed by atoms with Gasteiger partial charge in [-0.05, 0) is 75.8 Å². The smallest absolute Gasteiger partial charge is 0.238 e. The second-order valence-electron chi connectivity index (χ2n) is 12.4. The Hall–Kier alpha value is -5.21. The van der Waals surface area contributed by atoms with Crippen molar-refractivity contribution in [2.24, 2.45) is 17.8 Å². The number of phenols is 1. The number of Topliss-reactive ketones (excluding diaryl/α,β-unsaturated/α-hetero) is 1. The molecule has 0 radical (unpaired) electrons. The van der Waals surface area contributed by atoms with Gasteiger partial charge in [0.2, 0.25) is 11.8 Å². The number of rotatable bonds is 4. The maximum absolute atomic E-state index is 14.3. The third-order valence-electron chi connectivity index (χ3n) is 9.99. The Morgan fingerprint density at radius 3 is 2.26 bits per heavy atom. The molecule has 1 aliphatic heterocycles. The Bertz CT molecular complexity index is 2180. The number of anilines is 1. The van der Waals surface area contributed by atoms with Crippen LogP contribution in [0.2, 0.25) is 0 Å². The number of benzene rings is 4. The molecule has 0 saturated carbocycles. The van der Waals surface area contributed by atoms with Crippen molar-refractivity contribution in [2.45, 2.75) is 18.8 Å². The van der Waals surface area contributed by atoms with Crippen molar-refractivity contribution < 1.29 is 29.1 Å². The number of hydrogen-bond donors (Lipinski definition) is 1. The molecule has 3 aliphatic carbocycles. The molecule has 0 spiro atoms. The van der Waals surface area contributed by atoms with Gasteiger partial charge in [0.1, 0.15) is 5.75 Å². The third-order valence-corrected chi connectivity index (χ3v) is 10.6. The summed E-state index contributed by atoms with van der Waals surface area (Å²) in [7, 11) is 0. The Kier molecular flexibility index (Phi) is 6.81. The number of allylic oxidation sites excluding steroid dienone is 6. The van der Waals surface area contributed by atoms with E-state index >= 15 is 0 Å². The Labute approximate surface area is 278 Å². The summed E-state index contributed by atoms with van der Waals surface area (Å²) in [5, 5.41) is 12.9. The minimum absolute atomic E-state index is 0.0151. The van der Waals surface area contributed by atoms with E-state index in [-0.39, 0.29) is 52.2 Å². The van der Waals surface area contributed by atoms with Gasteiger partial charge in [0.15, 0.2) is 17.3 Å². The van der Waals surface area contributed by atoms with E-state index < -0.39 is 23.7 Å². The number of nitrogens with zero attached hydrogens (tertiary/aromatic N) is 1. The van der Waals surface area contributed by atoms with E-state index in [1.165, 1.54) is 11.0 Å². The van der Waals surface area contributed by atoms with Crippen LogP contribution in [-0.4, -0.2) is 34.3 Å². The van der Waals surface area contributed by atoms with Crippen LogP contribution in [0, 0.1) is 17.8 Å². The molecule has 7 nitrogen and oxygen atoms in total. The highest BCUT2D eigenvalue weighted by Gasteiger charge is 2.57. The normalized spacial score (nSPS) is 23.7. The highest BCUT2D eigenvalue weighted by molar-refractivity contribution is 9.12. The first-order chi connectivity index (χ1) is 22.7. The number of aromatic hydroxyl groups is 1. The Balaban J connectivity index is 1.21. The number of imide groups is 1. The summed E-state index contributed by atoms with van der Waals surface area (Å²) in [6.45, 7) is 0. The summed E-state index contributed by atoms with van der Waals surface area (Å²) in [5.74, 6) is -4.31. The maximum atomic E-state index is 14.3. The van der Waals surface area contributed by atoms with Crippen molar-refractivity contribution in [3.05, 3.63) is 141 Å². The summed E-state index contributed by atoms with van der Waals surface area (Å²) in [5.41, 5.74) is 3.21. The standard InChI is InChI=1S/C39H26BrNO6/c40-29-19-31(43)34-28(37(29)45)18-27-25(35(34)33-24-9-5-4-6-20(24)12-17-30(33)42)15-16-26-32(27)39(47)41(38(26)46)23-13-10-22(11-14-23)36(44)21-7-2-1-3-8-21/h1-15,17,19,26-27,32,35,42H,16,18H2. The van der Waals surface area contributed by atoms with E-state index in [4.69, 9.17) is 0 Å². The molecule has 0 aromatic heterocycles. The van der Waals surface area contributed by atoms with Crippen molar-refractivity contribution in [1.82, 2.24) is 0 Å². The quantitative estimate of drug-likeness (QED) is 0.110. The zero-order valence-electron chi connectivity index (χ0n) is 24.9. The van der Waals surface area contributed by atoms with Crippen LogP contribution in [0.25, 0.3) is 10.8 Å². The van der Waals surface area contributed by atoms with Gasteiger partial charge in [-0.1, -0.05) is 72.3 Å². The molecule has 1 saturated heterocycles. The number of fused-ring (bicyclic) bond motifs is 4. The molecule has 4 aliphatic rings. The average Bonchev–Trinajstić information content (AvgIpc) is 3.35. The zero-order valence-corrected chi connectivity index (χ0v) is 26.4. The lowest BCUT2D eigenvalue weighted by atomic mass is 9.59. The van der Waals surface area contributed by atoms with E-state index in [1.807, 2.05) is 36.4 Å². The van der Waals surface area contributed by atoms with Gasteiger partial charge in [-0.25, -0.2) is 0 Å². The lowest BCUT2D eigenvalue weighted by Crippen LogP contribution is -2.39. The average molecular weight is 685 g/mol. The van der Waals surface area contributed by atoms with E-state index in [9.17, 15) is 29.1 Å². The van der Waals surface area contributed by atoms with Gasteiger partial charge in [0.25, 0.3) is 0 Å². The Morgan fingerprint density at radius 1 is 0.787 bits per heavy atom. The third kappa shape index (κ3) is 4.42. The topological polar surface area (TPSA) is 109 Å². The molecule has 47 heavy (non-hydrogen) atoms. The SMILES string of the molecule is O=C1C=C(Br)C(=O)C2=C1C(c1c(O)ccc3ccccc13)C1=CCC3C(=O)N(c4ccc(C(=O)c5ccccc5)cc4)C(=O)C3C1C2. The van der Waals surface area contributed by atoms with Crippen LogP contribution < -0.4 is 4.90 Å². The summed E-state index contributed by atoms with van der Waals surface area (Å²) >= 11 is 3.26. The number of hydrogen-bond acceptors (Lipinski definition) is 6. The highest BCUT2D eigenvalue weighted by Crippen LogP contribution is 2.57. The van der Waals surface area contributed by atoms with Crippen LogP contribution in [0.5, 0.6) is 5.75 Å². The van der Waals surface area contributed by atoms with Gasteiger partial charge in [0.05, 0.1) is 22.0 Å². The molecule has 4 aromatic rings. The number of halogens is 1. The van der Waals surface area contributed by atoms with Crippen LogP contribution >= 0.6 is 15.9 Å². The van der Waals surface area contributed by atoms with Gasteiger partial charge in [-0.3, -0.25) is 28.9 Å². The summed E-state index contributed by atoms with van der Waals surface area (Å²) in [4.78, 5) is 69.7. The van der Waals surface area contributed by atoms with Gasteiger partial charge < -0.3 is 5.11 Å². The molecule has 2 amide bonds. The molecule has 4 unspecified atom stereocenters. The Morgan fingerprint density at radius 2 is 1.49 bits per heavy atom. The molecule has 230 valence electrons. The second kappa shape index (κ2) is 11.0. The van der Waals surface area contributed by atoms with E-state index in [0.29, 0.717) is 33.5 Å². The fraction of sp³-hybridized carbons (Fsp3) is 0.154. The van der Waals surface area contributed by atoms with Gasteiger partial charge in [-0.15, -0.1) is 0 Å². The maximum Gasteiger partial charge on any atom is 0.238 e. The molecule has 1 N–H and O–H groups in total. The fourth-order valence-electron chi connectivity index (χ4n) is 7.90. The monoisotopic (exact) mass is 683 g/mol. The van der Waals surface area contributed by atoms with Crippen LogP contribution in [-0.2, 0) is 19.2 Å². The minimum atomic E-state index is -0.774. The van der Waals surface area contributed by atoms with E-state index in [1.54, 1.807) is 60.7 Å². The predicted molar refractivity (Wildman–Crippen MR) is 179 cm³/mol. The number of ketones is 3. The number of carbonyl (C=O) groups is 5. The van der Waals surface area contributed by atoms with Crippen molar-refractivity contribution >= 4 is 61.6 Å². The summed E-state index contributed by atoms with van der Waals surface area (Å²) in [6.07, 6.45) is 3.60. The molecule has 8 rings (SSSR count). The van der Waals surface area contributed by atoms with Crippen LogP contribution in [0.15, 0.2) is 124 Å². The van der Waals surface area contributed by atoms with Crippen molar-refractivity contribution in [1.29, 1.82) is 0 Å². The largest absolute Gasteiger partial charge is 0.508 e. The molecule has 4 atom stereocenters. The first-order valence-electron chi connectivity index (χ1n) is 15.4. The van der Waals surface area contributed by atoms with E-state index in [2.05, 4.69) is 15.9 Å². The lowest BCUT2D eigenvalue weighted by Gasteiger charge is -2.42. The summed E-state index contributed by atoms with van der Waals surface area (Å²) < 4.78 is 0.141. The fourth-order valence-corrected chi connectivity index (χ4v) is 8.35.